The first kappa shape index (κ1) is 20.1. The molecule has 2 rings (SSSR count). The minimum atomic E-state index is 0.571. The van der Waals surface area contributed by atoms with Crippen LogP contribution in [0.25, 0.3) is 0 Å². The normalized spacial score (nSPS) is 10.8. The van der Waals surface area contributed by atoms with Crippen molar-refractivity contribution in [2.75, 3.05) is 20.3 Å². The predicted octanol–water partition coefficient (Wildman–Crippen LogP) is 4.77. The maximum Gasteiger partial charge on any atom is 0.175 e. The Balaban J connectivity index is 2.07. The predicted molar refractivity (Wildman–Crippen MR) is 109 cm³/mol. The maximum atomic E-state index is 5.79. The maximum absolute atomic E-state index is 5.79. The number of nitrogens with one attached hydrogen (secondary N) is 1. The van der Waals surface area contributed by atoms with Gasteiger partial charge in [-0.3, -0.25) is 0 Å². The molecule has 0 aliphatic rings. The lowest BCUT2D eigenvalue weighted by atomic mass is 10.2. The summed E-state index contributed by atoms with van der Waals surface area (Å²) >= 11 is 3.56. The molecule has 0 amide bonds. The topological polar surface area (TPSA) is 52.1 Å². The van der Waals surface area contributed by atoms with Gasteiger partial charge in [0.15, 0.2) is 11.5 Å². The zero-order chi connectivity index (χ0) is 18.8. The minimum absolute atomic E-state index is 0.571. The standard InChI is InChI=1S/C20H25BrN2O3/c1-4-10-26-20-17(21)11-15(12-19(20)25-5-2)13-22-23-14-16-8-6-7-9-18(16)24-3/h6-9,11-13,23H,4-5,10,14H2,1-3H3/b22-13-. The average Bonchev–Trinajstić information content (AvgIpc) is 2.65. The number of methoxy groups -OCH3 is 1. The first-order chi connectivity index (χ1) is 12.7. The minimum Gasteiger partial charge on any atom is -0.496 e. The number of hydrogen-bond acceptors (Lipinski definition) is 5. The number of halogens is 1. The fraction of sp³-hybridized carbons (Fsp3) is 0.350. The molecule has 2 aromatic rings. The van der Waals surface area contributed by atoms with Crippen molar-refractivity contribution >= 4 is 22.1 Å². The second kappa shape index (κ2) is 10.7. The highest BCUT2D eigenvalue weighted by atomic mass is 79.9. The Bertz CT molecular complexity index is 735. The average molecular weight is 421 g/mol. The molecule has 0 aromatic heterocycles. The summed E-state index contributed by atoms with van der Waals surface area (Å²) in [4.78, 5) is 0. The van der Waals surface area contributed by atoms with E-state index in [0.29, 0.717) is 25.5 Å². The van der Waals surface area contributed by atoms with Crippen molar-refractivity contribution in [1.82, 2.24) is 5.43 Å². The first-order valence-corrected chi connectivity index (χ1v) is 9.45. The van der Waals surface area contributed by atoms with Crippen LogP contribution in [-0.4, -0.2) is 26.5 Å². The number of hydrazone groups is 1. The molecule has 5 nitrogen and oxygen atoms in total. The Morgan fingerprint density at radius 1 is 1.12 bits per heavy atom. The lowest BCUT2D eigenvalue weighted by Gasteiger charge is -2.14. The van der Waals surface area contributed by atoms with Crippen molar-refractivity contribution < 1.29 is 14.2 Å². The van der Waals surface area contributed by atoms with Crippen LogP contribution in [0, 0.1) is 0 Å². The van der Waals surface area contributed by atoms with Gasteiger partial charge in [0.2, 0.25) is 0 Å². The molecule has 0 unspecified atom stereocenters. The highest BCUT2D eigenvalue weighted by Crippen LogP contribution is 2.36. The summed E-state index contributed by atoms with van der Waals surface area (Å²) in [6.07, 6.45) is 2.69. The molecule has 140 valence electrons. The summed E-state index contributed by atoms with van der Waals surface area (Å²) < 4.78 is 17.7. The van der Waals surface area contributed by atoms with E-state index in [0.717, 1.165) is 33.5 Å². The fourth-order valence-corrected chi connectivity index (χ4v) is 2.94. The number of ether oxygens (including phenoxy) is 3. The lowest BCUT2D eigenvalue weighted by Crippen LogP contribution is -2.07. The molecule has 0 aliphatic heterocycles. The van der Waals surface area contributed by atoms with E-state index >= 15 is 0 Å². The summed E-state index contributed by atoms with van der Waals surface area (Å²) in [6.45, 7) is 5.82. The summed E-state index contributed by atoms with van der Waals surface area (Å²) in [7, 11) is 1.66. The monoisotopic (exact) mass is 420 g/mol. The van der Waals surface area contributed by atoms with Gasteiger partial charge in [0, 0.05) is 5.56 Å². The molecular formula is C20H25BrN2O3. The van der Waals surface area contributed by atoms with Crippen LogP contribution >= 0.6 is 15.9 Å². The summed E-state index contributed by atoms with van der Waals surface area (Å²) in [6, 6.07) is 11.7. The fourth-order valence-electron chi connectivity index (χ4n) is 2.37. The van der Waals surface area contributed by atoms with Crippen LogP contribution in [0.2, 0.25) is 0 Å². The van der Waals surface area contributed by atoms with E-state index in [-0.39, 0.29) is 0 Å². The van der Waals surface area contributed by atoms with Gasteiger partial charge in [-0.05, 0) is 53.0 Å². The number of rotatable bonds is 10. The van der Waals surface area contributed by atoms with Gasteiger partial charge in [-0.2, -0.15) is 5.10 Å². The molecular weight excluding hydrogens is 396 g/mol. The zero-order valence-electron chi connectivity index (χ0n) is 15.4. The van der Waals surface area contributed by atoms with Crippen LogP contribution in [0.3, 0.4) is 0 Å². The molecule has 0 fully saturated rings. The van der Waals surface area contributed by atoms with Gasteiger partial charge >= 0.3 is 0 Å². The van der Waals surface area contributed by atoms with Crippen LogP contribution in [-0.2, 0) is 6.54 Å². The van der Waals surface area contributed by atoms with Gasteiger partial charge in [-0.1, -0.05) is 25.1 Å². The summed E-state index contributed by atoms with van der Waals surface area (Å²) in [5.41, 5.74) is 5.01. The highest BCUT2D eigenvalue weighted by molar-refractivity contribution is 9.10. The first-order valence-electron chi connectivity index (χ1n) is 8.66. The zero-order valence-corrected chi connectivity index (χ0v) is 17.0. The van der Waals surface area contributed by atoms with E-state index in [4.69, 9.17) is 14.2 Å². The Morgan fingerprint density at radius 3 is 2.65 bits per heavy atom. The van der Waals surface area contributed by atoms with E-state index in [9.17, 15) is 0 Å². The lowest BCUT2D eigenvalue weighted by molar-refractivity contribution is 0.275. The van der Waals surface area contributed by atoms with Crippen molar-refractivity contribution in [2.24, 2.45) is 5.10 Å². The molecule has 0 heterocycles. The second-order valence-electron chi connectivity index (χ2n) is 5.52. The Kier molecular flexibility index (Phi) is 8.28. The third kappa shape index (κ3) is 5.66. The number of hydrogen-bond donors (Lipinski definition) is 1. The Labute approximate surface area is 163 Å². The third-order valence-electron chi connectivity index (χ3n) is 3.55. The Hall–Kier alpha value is -2.21. The molecule has 2 aromatic carbocycles. The quantitative estimate of drug-likeness (QED) is 0.444. The molecule has 0 atom stereocenters. The van der Waals surface area contributed by atoms with Crippen LogP contribution in [0.4, 0.5) is 0 Å². The van der Waals surface area contributed by atoms with Crippen molar-refractivity contribution in [3.8, 4) is 17.2 Å². The van der Waals surface area contributed by atoms with Crippen molar-refractivity contribution in [3.63, 3.8) is 0 Å². The second-order valence-corrected chi connectivity index (χ2v) is 6.37. The Morgan fingerprint density at radius 2 is 1.92 bits per heavy atom. The van der Waals surface area contributed by atoms with E-state index in [1.54, 1.807) is 13.3 Å². The molecule has 26 heavy (non-hydrogen) atoms. The van der Waals surface area contributed by atoms with Crippen LogP contribution in [0.15, 0.2) is 46.0 Å². The van der Waals surface area contributed by atoms with Crippen LogP contribution in [0.1, 0.15) is 31.4 Å². The molecule has 0 bridgehead atoms. The van der Waals surface area contributed by atoms with Crippen molar-refractivity contribution in [3.05, 3.63) is 52.0 Å². The van der Waals surface area contributed by atoms with E-state index in [1.807, 2.05) is 43.3 Å². The molecule has 0 aliphatic carbocycles. The summed E-state index contributed by atoms with van der Waals surface area (Å²) in [5, 5.41) is 4.30. The van der Waals surface area contributed by atoms with Gasteiger partial charge in [-0.15, -0.1) is 0 Å². The van der Waals surface area contributed by atoms with Gasteiger partial charge in [0.05, 0.1) is 37.6 Å². The number of benzene rings is 2. The summed E-state index contributed by atoms with van der Waals surface area (Å²) in [5.74, 6) is 2.28. The highest BCUT2D eigenvalue weighted by Gasteiger charge is 2.11. The van der Waals surface area contributed by atoms with Gasteiger partial charge in [-0.25, -0.2) is 0 Å². The molecule has 0 saturated carbocycles. The van der Waals surface area contributed by atoms with Gasteiger partial charge in [0.1, 0.15) is 5.75 Å². The number of nitrogens with zero attached hydrogens (tertiary/aromatic N) is 1. The molecule has 6 heteroatoms. The molecule has 0 radical (unpaired) electrons. The smallest absolute Gasteiger partial charge is 0.175 e. The van der Waals surface area contributed by atoms with E-state index < -0.39 is 0 Å². The van der Waals surface area contributed by atoms with Crippen LogP contribution < -0.4 is 19.6 Å². The molecule has 1 N–H and O–H groups in total. The van der Waals surface area contributed by atoms with Crippen LogP contribution in [0.5, 0.6) is 17.2 Å². The van der Waals surface area contributed by atoms with Gasteiger partial charge in [0.25, 0.3) is 0 Å². The largest absolute Gasteiger partial charge is 0.496 e. The van der Waals surface area contributed by atoms with E-state index in [1.165, 1.54) is 0 Å². The molecule has 0 spiro atoms. The third-order valence-corrected chi connectivity index (χ3v) is 4.14. The SMILES string of the molecule is CCCOc1c(Br)cc(/C=N\NCc2ccccc2OC)cc1OCC. The molecule has 0 saturated heterocycles. The number of para-hydroxylation sites is 1. The van der Waals surface area contributed by atoms with Crippen molar-refractivity contribution in [1.29, 1.82) is 0 Å². The van der Waals surface area contributed by atoms with Crippen molar-refractivity contribution in [2.45, 2.75) is 26.8 Å². The van der Waals surface area contributed by atoms with Gasteiger partial charge < -0.3 is 19.6 Å². The van der Waals surface area contributed by atoms with E-state index in [2.05, 4.69) is 33.4 Å².